The smallest absolute Gasteiger partial charge is 0.406 e. The number of anilines is 1. The zero-order chi connectivity index (χ0) is 15.8. The summed E-state index contributed by atoms with van der Waals surface area (Å²) in [5.41, 5.74) is 2.37. The van der Waals surface area contributed by atoms with Crippen LogP contribution in [0.3, 0.4) is 0 Å². The van der Waals surface area contributed by atoms with Crippen molar-refractivity contribution in [1.29, 1.82) is 0 Å². The minimum absolute atomic E-state index is 0.0886. The van der Waals surface area contributed by atoms with Crippen LogP contribution >= 0.6 is 0 Å². The molecule has 1 unspecified atom stereocenters. The molecule has 114 valence electrons. The highest BCUT2D eigenvalue weighted by atomic mass is 19.4. The summed E-state index contributed by atoms with van der Waals surface area (Å²) in [5, 5.41) is 8.95. The number of hydrogen-bond donors (Lipinski definition) is 2. The second-order valence-electron chi connectivity index (χ2n) is 4.83. The zero-order valence-corrected chi connectivity index (χ0v) is 10.7. The number of carbonyl (C=O) groups excluding carboxylic acids is 1. The Morgan fingerprint density at radius 3 is 2.43 bits per heavy atom. The Morgan fingerprint density at radius 1 is 1.38 bits per heavy atom. The van der Waals surface area contributed by atoms with Crippen LogP contribution in [0.25, 0.3) is 0 Å². The molecule has 3 N–H and O–H groups in total. The largest absolute Gasteiger partial charge is 0.481 e. The quantitative estimate of drug-likeness (QED) is 0.869. The first-order valence-electron chi connectivity index (χ1n) is 5.98. The standard InChI is InChI=1S/C12H12F3N3O3/c13-12(14,15)11(10(20)21)3-4-18(6-11)8-2-1-7(5-17-8)9(16)19/h1-2,5H,3-4,6H2,(H2,16,19)(H,20,21). The van der Waals surface area contributed by atoms with Crippen molar-refractivity contribution in [2.45, 2.75) is 12.6 Å². The van der Waals surface area contributed by atoms with Crippen LogP contribution in [0.2, 0.25) is 0 Å². The number of aromatic nitrogens is 1. The number of rotatable bonds is 3. The van der Waals surface area contributed by atoms with Crippen molar-refractivity contribution in [2.24, 2.45) is 11.1 Å². The van der Waals surface area contributed by atoms with E-state index in [0.29, 0.717) is 0 Å². The van der Waals surface area contributed by atoms with Gasteiger partial charge in [0.15, 0.2) is 5.41 Å². The molecule has 0 saturated carbocycles. The SMILES string of the molecule is NC(=O)c1ccc(N2CCC(C(=O)O)(C(F)(F)F)C2)nc1. The molecule has 1 aromatic rings. The molecular weight excluding hydrogens is 291 g/mol. The van der Waals surface area contributed by atoms with Gasteiger partial charge in [0, 0.05) is 19.3 Å². The van der Waals surface area contributed by atoms with Crippen molar-refractivity contribution in [3.05, 3.63) is 23.9 Å². The van der Waals surface area contributed by atoms with Crippen molar-refractivity contribution < 1.29 is 27.9 Å². The molecule has 1 saturated heterocycles. The summed E-state index contributed by atoms with van der Waals surface area (Å²) < 4.78 is 39.1. The molecule has 1 atom stereocenters. The first-order valence-corrected chi connectivity index (χ1v) is 5.98. The van der Waals surface area contributed by atoms with Crippen LogP contribution in [-0.2, 0) is 4.79 Å². The summed E-state index contributed by atoms with van der Waals surface area (Å²) in [6.45, 7) is -0.802. The van der Waals surface area contributed by atoms with Gasteiger partial charge in [-0.25, -0.2) is 4.98 Å². The van der Waals surface area contributed by atoms with E-state index in [-0.39, 0.29) is 17.9 Å². The number of nitrogens with two attached hydrogens (primary N) is 1. The number of nitrogens with zero attached hydrogens (tertiary/aromatic N) is 2. The third kappa shape index (κ3) is 2.50. The van der Waals surface area contributed by atoms with Gasteiger partial charge in [-0.05, 0) is 18.6 Å². The van der Waals surface area contributed by atoms with Crippen molar-refractivity contribution in [3.8, 4) is 0 Å². The highest BCUT2D eigenvalue weighted by Gasteiger charge is 2.63. The molecule has 1 aliphatic rings. The van der Waals surface area contributed by atoms with Crippen LogP contribution in [-0.4, -0.2) is 41.2 Å². The van der Waals surface area contributed by atoms with Gasteiger partial charge in [-0.2, -0.15) is 13.2 Å². The molecule has 0 bridgehead atoms. The fourth-order valence-electron chi connectivity index (χ4n) is 2.25. The Kier molecular flexibility index (Phi) is 3.52. The van der Waals surface area contributed by atoms with E-state index in [1.165, 1.54) is 17.0 Å². The number of carbonyl (C=O) groups is 2. The van der Waals surface area contributed by atoms with Crippen molar-refractivity contribution in [3.63, 3.8) is 0 Å². The topological polar surface area (TPSA) is 96.5 Å². The summed E-state index contributed by atoms with van der Waals surface area (Å²) in [4.78, 5) is 27.0. The van der Waals surface area contributed by atoms with Crippen LogP contribution in [0.4, 0.5) is 19.0 Å². The summed E-state index contributed by atoms with van der Waals surface area (Å²) in [5.74, 6) is -2.43. The Balaban J connectivity index is 2.25. The second kappa shape index (κ2) is 4.90. The average Bonchev–Trinajstić information content (AvgIpc) is 2.84. The molecule has 0 aliphatic carbocycles. The van der Waals surface area contributed by atoms with E-state index in [2.05, 4.69) is 4.98 Å². The predicted octanol–water partition coefficient (Wildman–Crippen LogP) is 1.02. The summed E-state index contributed by atoms with van der Waals surface area (Å²) >= 11 is 0. The molecule has 21 heavy (non-hydrogen) atoms. The Labute approximate surface area is 117 Å². The highest BCUT2D eigenvalue weighted by Crippen LogP contribution is 2.46. The van der Waals surface area contributed by atoms with Gasteiger partial charge in [-0.15, -0.1) is 0 Å². The second-order valence-corrected chi connectivity index (χ2v) is 4.83. The maximum absolute atomic E-state index is 13.0. The van der Waals surface area contributed by atoms with E-state index >= 15 is 0 Å². The molecule has 1 fully saturated rings. The van der Waals surface area contributed by atoms with E-state index in [1.807, 2.05) is 0 Å². The van der Waals surface area contributed by atoms with Gasteiger partial charge < -0.3 is 15.7 Å². The van der Waals surface area contributed by atoms with Gasteiger partial charge >= 0.3 is 12.1 Å². The third-order valence-corrected chi connectivity index (χ3v) is 3.58. The van der Waals surface area contributed by atoms with Crippen LogP contribution in [0.1, 0.15) is 16.8 Å². The van der Waals surface area contributed by atoms with E-state index in [0.717, 1.165) is 6.20 Å². The van der Waals surface area contributed by atoms with Gasteiger partial charge in [0.25, 0.3) is 0 Å². The third-order valence-electron chi connectivity index (χ3n) is 3.58. The molecule has 1 aliphatic heterocycles. The van der Waals surface area contributed by atoms with E-state index in [4.69, 9.17) is 10.8 Å². The van der Waals surface area contributed by atoms with Gasteiger partial charge in [0.2, 0.25) is 5.91 Å². The lowest BCUT2D eigenvalue weighted by molar-refractivity contribution is -0.225. The number of pyridine rings is 1. The van der Waals surface area contributed by atoms with Crippen LogP contribution in [0.5, 0.6) is 0 Å². The number of alkyl halides is 3. The Morgan fingerprint density at radius 2 is 2.05 bits per heavy atom. The van der Waals surface area contributed by atoms with Crippen LogP contribution in [0.15, 0.2) is 18.3 Å². The molecule has 1 aromatic heterocycles. The fraction of sp³-hybridized carbons (Fsp3) is 0.417. The Hall–Kier alpha value is -2.32. The number of primary amides is 1. The molecule has 1 amide bonds. The van der Waals surface area contributed by atoms with Gasteiger partial charge in [-0.3, -0.25) is 9.59 Å². The van der Waals surface area contributed by atoms with E-state index in [9.17, 15) is 22.8 Å². The maximum atomic E-state index is 13.0. The molecule has 0 aromatic carbocycles. The molecule has 2 rings (SSSR count). The number of halogens is 3. The summed E-state index contributed by atoms with van der Waals surface area (Å²) in [6, 6.07) is 2.67. The minimum Gasteiger partial charge on any atom is -0.481 e. The number of hydrogen-bond acceptors (Lipinski definition) is 4. The normalized spacial score (nSPS) is 22.3. The minimum atomic E-state index is -4.85. The van der Waals surface area contributed by atoms with Crippen LogP contribution < -0.4 is 10.6 Å². The number of aliphatic carboxylic acids is 1. The molecular formula is C12H12F3N3O3. The number of carboxylic acid groups (broad SMARTS) is 1. The van der Waals surface area contributed by atoms with Crippen molar-refractivity contribution in [1.82, 2.24) is 4.98 Å². The number of amides is 1. The monoisotopic (exact) mass is 303 g/mol. The lowest BCUT2D eigenvalue weighted by Gasteiger charge is -2.27. The van der Waals surface area contributed by atoms with E-state index < -0.39 is 36.4 Å². The average molecular weight is 303 g/mol. The zero-order valence-electron chi connectivity index (χ0n) is 10.7. The van der Waals surface area contributed by atoms with Gasteiger partial charge in [0.05, 0.1) is 5.56 Å². The van der Waals surface area contributed by atoms with E-state index in [1.54, 1.807) is 0 Å². The summed E-state index contributed by atoms with van der Waals surface area (Å²) in [6.07, 6.45) is -4.25. The first-order chi connectivity index (χ1) is 9.67. The molecule has 0 spiro atoms. The molecule has 0 radical (unpaired) electrons. The predicted molar refractivity (Wildman–Crippen MR) is 65.7 cm³/mol. The fourth-order valence-corrected chi connectivity index (χ4v) is 2.25. The first kappa shape index (κ1) is 15.1. The molecule has 2 heterocycles. The lowest BCUT2D eigenvalue weighted by atomic mass is 9.86. The summed E-state index contributed by atoms with van der Waals surface area (Å²) in [7, 11) is 0. The Bertz CT molecular complexity index is 573. The number of carboxylic acids is 1. The van der Waals surface area contributed by atoms with Crippen molar-refractivity contribution in [2.75, 3.05) is 18.0 Å². The van der Waals surface area contributed by atoms with Crippen molar-refractivity contribution >= 4 is 17.7 Å². The molecule has 9 heteroatoms. The van der Waals surface area contributed by atoms with Gasteiger partial charge in [-0.1, -0.05) is 0 Å². The van der Waals surface area contributed by atoms with Gasteiger partial charge in [0.1, 0.15) is 5.82 Å². The lowest BCUT2D eigenvalue weighted by Crippen LogP contribution is -2.47. The molecule has 6 nitrogen and oxygen atoms in total. The highest BCUT2D eigenvalue weighted by molar-refractivity contribution is 5.92. The maximum Gasteiger partial charge on any atom is 0.406 e. The van der Waals surface area contributed by atoms with Crippen LogP contribution in [0, 0.1) is 5.41 Å².